The van der Waals surface area contributed by atoms with E-state index in [1.54, 1.807) is 36.4 Å². The molecule has 2 aromatic rings. The van der Waals surface area contributed by atoms with Crippen LogP contribution in [0.4, 0.5) is 0 Å². The fourth-order valence-electron chi connectivity index (χ4n) is 1.64. The van der Waals surface area contributed by atoms with E-state index >= 15 is 0 Å². The summed E-state index contributed by atoms with van der Waals surface area (Å²) in [7, 11) is 0. The molecule has 2 rings (SSSR count). The van der Waals surface area contributed by atoms with Gasteiger partial charge in [-0.05, 0) is 12.1 Å². The molecule has 0 radical (unpaired) electrons. The molecule has 0 N–H and O–H groups in total. The van der Waals surface area contributed by atoms with E-state index in [1.165, 1.54) is 0 Å². The van der Waals surface area contributed by atoms with Gasteiger partial charge in [-0.2, -0.15) is 0 Å². The Kier molecular flexibility index (Phi) is 4.45. The second kappa shape index (κ2) is 6.50. The summed E-state index contributed by atoms with van der Waals surface area (Å²) in [5.41, 5.74) is 0.551. The molecule has 0 atom stereocenters. The molecule has 0 spiro atoms. The Bertz CT molecular complexity index is 547. The first-order chi connectivity index (χ1) is 9.25. The monoisotopic (exact) mass is 254 g/mol. The molecule has 0 aliphatic carbocycles. The van der Waals surface area contributed by atoms with Gasteiger partial charge in [0.05, 0.1) is 6.42 Å². The van der Waals surface area contributed by atoms with Crippen molar-refractivity contribution in [2.45, 2.75) is 6.42 Å². The van der Waals surface area contributed by atoms with Crippen LogP contribution in [-0.4, -0.2) is 18.2 Å². The predicted octanol–water partition coefficient (Wildman–Crippen LogP) is 2.91. The molecular weight excluding hydrogens is 240 g/mol. The highest BCUT2D eigenvalue weighted by atomic mass is 16.5. The summed E-state index contributed by atoms with van der Waals surface area (Å²) >= 11 is 0. The smallest absolute Gasteiger partial charge is 0.177 e. The number of hydrogen-bond acceptors (Lipinski definition) is 3. The molecule has 0 unspecified atom stereocenters. The topological polar surface area (TPSA) is 43.4 Å². The molecule has 0 bridgehead atoms. The van der Waals surface area contributed by atoms with E-state index in [-0.39, 0.29) is 24.6 Å². The Morgan fingerprint density at radius 1 is 0.842 bits per heavy atom. The van der Waals surface area contributed by atoms with Crippen LogP contribution in [-0.2, 0) is 4.79 Å². The van der Waals surface area contributed by atoms with Crippen molar-refractivity contribution < 1.29 is 14.3 Å². The average Bonchev–Trinajstić information content (AvgIpc) is 2.47. The van der Waals surface area contributed by atoms with Crippen molar-refractivity contribution in [1.82, 2.24) is 0 Å². The molecule has 19 heavy (non-hydrogen) atoms. The first kappa shape index (κ1) is 13.0. The summed E-state index contributed by atoms with van der Waals surface area (Å²) in [4.78, 5) is 23.4. The van der Waals surface area contributed by atoms with Crippen molar-refractivity contribution in [1.29, 1.82) is 0 Å². The zero-order valence-corrected chi connectivity index (χ0v) is 10.4. The first-order valence-electron chi connectivity index (χ1n) is 6.03. The van der Waals surface area contributed by atoms with Crippen LogP contribution in [0.1, 0.15) is 16.8 Å². The minimum Gasteiger partial charge on any atom is -0.486 e. The number of benzene rings is 2. The summed E-state index contributed by atoms with van der Waals surface area (Å²) < 4.78 is 5.30. The van der Waals surface area contributed by atoms with Crippen LogP contribution in [0.2, 0.25) is 0 Å². The second-order valence-electron chi connectivity index (χ2n) is 4.11. The van der Waals surface area contributed by atoms with Crippen LogP contribution in [0.25, 0.3) is 0 Å². The number of para-hydroxylation sites is 1. The van der Waals surface area contributed by atoms with E-state index in [1.807, 2.05) is 24.3 Å². The third-order valence-corrected chi connectivity index (χ3v) is 2.60. The van der Waals surface area contributed by atoms with E-state index in [2.05, 4.69) is 0 Å². The highest BCUT2D eigenvalue weighted by Crippen LogP contribution is 2.09. The molecule has 3 nitrogen and oxygen atoms in total. The van der Waals surface area contributed by atoms with Crippen molar-refractivity contribution in [2.75, 3.05) is 6.61 Å². The fourth-order valence-corrected chi connectivity index (χ4v) is 1.64. The highest BCUT2D eigenvalue weighted by Gasteiger charge is 2.11. The van der Waals surface area contributed by atoms with Gasteiger partial charge in [0.2, 0.25) is 0 Å². The molecule has 0 amide bonds. The van der Waals surface area contributed by atoms with Gasteiger partial charge in [-0.15, -0.1) is 0 Å². The molecule has 2 aromatic carbocycles. The maximum absolute atomic E-state index is 11.8. The van der Waals surface area contributed by atoms with Crippen LogP contribution in [0.3, 0.4) is 0 Å². The fraction of sp³-hybridized carbons (Fsp3) is 0.125. The van der Waals surface area contributed by atoms with Crippen molar-refractivity contribution in [3.05, 3.63) is 66.2 Å². The summed E-state index contributed by atoms with van der Waals surface area (Å²) in [6, 6.07) is 17.9. The normalized spacial score (nSPS) is 9.89. The minimum atomic E-state index is -0.224. The Balaban J connectivity index is 1.83. The van der Waals surface area contributed by atoms with Crippen molar-refractivity contribution >= 4 is 11.6 Å². The number of ether oxygens (including phenoxy) is 1. The Labute approximate surface area is 111 Å². The molecule has 0 saturated carbocycles. The van der Waals surface area contributed by atoms with Crippen LogP contribution in [0, 0.1) is 0 Å². The van der Waals surface area contributed by atoms with Crippen molar-refractivity contribution in [3.63, 3.8) is 0 Å². The van der Waals surface area contributed by atoms with Gasteiger partial charge in [-0.3, -0.25) is 9.59 Å². The number of carbonyl (C=O) groups excluding carboxylic acids is 2. The van der Waals surface area contributed by atoms with Crippen LogP contribution < -0.4 is 4.74 Å². The van der Waals surface area contributed by atoms with Crippen molar-refractivity contribution in [2.24, 2.45) is 0 Å². The van der Waals surface area contributed by atoms with Gasteiger partial charge < -0.3 is 4.74 Å². The summed E-state index contributed by atoms with van der Waals surface area (Å²) in [6.07, 6.45) is -0.128. The lowest BCUT2D eigenvalue weighted by molar-refractivity contribution is -0.120. The molecule has 0 heterocycles. The largest absolute Gasteiger partial charge is 0.486 e. The zero-order valence-electron chi connectivity index (χ0n) is 10.4. The maximum atomic E-state index is 11.8. The molecule has 96 valence electrons. The number of carbonyl (C=O) groups is 2. The van der Waals surface area contributed by atoms with E-state index in [0.29, 0.717) is 11.3 Å². The molecule has 0 fully saturated rings. The quantitative estimate of drug-likeness (QED) is 0.588. The lowest BCUT2D eigenvalue weighted by Gasteiger charge is -2.04. The Morgan fingerprint density at radius 3 is 2.05 bits per heavy atom. The average molecular weight is 254 g/mol. The molecule has 0 aliphatic rings. The molecule has 0 aliphatic heterocycles. The van der Waals surface area contributed by atoms with Gasteiger partial charge in [0.1, 0.15) is 12.4 Å². The number of ketones is 2. The summed E-state index contributed by atoms with van der Waals surface area (Å²) in [5.74, 6) is 0.225. The SMILES string of the molecule is O=C(COc1ccccc1)CC(=O)c1ccccc1. The second-order valence-corrected chi connectivity index (χ2v) is 4.11. The number of Topliss-reactive ketones (excluding diaryl/α,β-unsaturated/α-hetero) is 2. The van der Waals surface area contributed by atoms with Crippen LogP contribution >= 0.6 is 0 Å². The molecular formula is C16H14O3. The van der Waals surface area contributed by atoms with E-state index < -0.39 is 0 Å². The van der Waals surface area contributed by atoms with E-state index in [4.69, 9.17) is 4.74 Å². The molecule has 0 aromatic heterocycles. The predicted molar refractivity (Wildman–Crippen MR) is 72.3 cm³/mol. The number of rotatable bonds is 6. The third-order valence-electron chi connectivity index (χ3n) is 2.60. The summed E-state index contributed by atoms with van der Waals surface area (Å²) in [5, 5.41) is 0. The van der Waals surface area contributed by atoms with Gasteiger partial charge >= 0.3 is 0 Å². The van der Waals surface area contributed by atoms with E-state index in [9.17, 15) is 9.59 Å². The Hall–Kier alpha value is -2.42. The third kappa shape index (κ3) is 4.07. The zero-order chi connectivity index (χ0) is 13.5. The van der Waals surface area contributed by atoms with Crippen LogP contribution in [0.15, 0.2) is 60.7 Å². The van der Waals surface area contributed by atoms with Gasteiger partial charge in [0.25, 0.3) is 0 Å². The van der Waals surface area contributed by atoms with Gasteiger partial charge in [0.15, 0.2) is 11.6 Å². The molecule has 3 heteroatoms. The van der Waals surface area contributed by atoms with Crippen LogP contribution in [0.5, 0.6) is 5.75 Å². The van der Waals surface area contributed by atoms with Crippen molar-refractivity contribution in [3.8, 4) is 5.75 Å². The molecule has 0 saturated heterocycles. The highest BCUT2D eigenvalue weighted by molar-refractivity contribution is 6.08. The maximum Gasteiger partial charge on any atom is 0.177 e. The Morgan fingerprint density at radius 2 is 1.42 bits per heavy atom. The summed E-state index contributed by atoms with van der Waals surface area (Å²) in [6.45, 7) is -0.0808. The lowest BCUT2D eigenvalue weighted by atomic mass is 10.1. The van der Waals surface area contributed by atoms with E-state index in [0.717, 1.165) is 0 Å². The van der Waals surface area contributed by atoms with Gasteiger partial charge in [-0.25, -0.2) is 0 Å². The first-order valence-corrected chi connectivity index (χ1v) is 6.03. The van der Waals surface area contributed by atoms with Gasteiger partial charge in [0, 0.05) is 5.56 Å². The van der Waals surface area contributed by atoms with Gasteiger partial charge in [-0.1, -0.05) is 48.5 Å². The number of hydrogen-bond donors (Lipinski definition) is 0. The standard InChI is InChI=1S/C16H14O3/c17-14(12-19-15-9-5-2-6-10-15)11-16(18)13-7-3-1-4-8-13/h1-10H,11-12H2. The lowest BCUT2D eigenvalue weighted by Crippen LogP contribution is -2.15. The minimum absolute atomic E-state index is 0.0808.